The van der Waals surface area contributed by atoms with Crippen LogP contribution < -0.4 is 0 Å². The van der Waals surface area contributed by atoms with Gasteiger partial charge in [-0.2, -0.15) is 0 Å². The standard InChI is InChI=1S/C60H36/c1-5-15-37(16-6-1)49-35-51-52(36-50(49)38-17-7-2-8-18-38)59-56(40-21-11-4-12-22-40)57(47-33-31-43-29-27-41-23-13-25-45(47)53(41)43)58(60(59)55(51)39-19-9-3-10-20-39)48-34-32-44-30-28-42-24-14-26-46(48)54(42)44/h1-36H. The van der Waals surface area contributed by atoms with Crippen LogP contribution in [0.2, 0.25) is 0 Å². The lowest BCUT2D eigenvalue weighted by molar-refractivity contribution is 1.52. The van der Waals surface area contributed by atoms with Crippen molar-refractivity contribution >= 4 is 73.7 Å². The average Bonchev–Trinajstić information content (AvgIpc) is 4.10. The molecule has 0 saturated heterocycles. The fourth-order valence-corrected chi connectivity index (χ4v) is 10.6. The zero-order valence-electron chi connectivity index (χ0n) is 32.8. The zero-order valence-corrected chi connectivity index (χ0v) is 32.8. The molecule has 4 aliphatic carbocycles. The predicted molar refractivity (Wildman–Crippen MR) is 256 cm³/mol. The van der Waals surface area contributed by atoms with Gasteiger partial charge >= 0.3 is 0 Å². The van der Waals surface area contributed by atoms with Crippen molar-refractivity contribution in [3.05, 3.63) is 255 Å². The van der Waals surface area contributed by atoms with Crippen LogP contribution in [0, 0.1) is 0 Å². The van der Waals surface area contributed by atoms with Crippen molar-refractivity contribution in [2.75, 3.05) is 0 Å². The highest BCUT2D eigenvalue weighted by Gasteiger charge is 2.42. The molecule has 0 aromatic heterocycles. The third kappa shape index (κ3) is 4.73. The number of allylic oxidation sites excluding steroid dienone is 5. The normalized spacial score (nSPS) is 14.3. The van der Waals surface area contributed by atoms with Gasteiger partial charge in [0, 0.05) is 0 Å². The molecule has 0 unspecified atom stereocenters. The highest BCUT2D eigenvalue weighted by molar-refractivity contribution is 6.41. The van der Waals surface area contributed by atoms with E-state index in [-0.39, 0.29) is 0 Å². The summed E-state index contributed by atoms with van der Waals surface area (Å²) in [5.74, 6) is 0. The van der Waals surface area contributed by atoms with Crippen molar-refractivity contribution in [1.82, 2.24) is 0 Å². The van der Waals surface area contributed by atoms with E-state index in [0.29, 0.717) is 0 Å². The number of hydrogen-bond acceptors (Lipinski definition) is 0. The number of benzene rings is 9. The molecule has 0 N–H and O–H groups in total. The fraction of sp³-hybridized carbons (Fsp3) is 0. The van der Waals surface area contributed by atoms with Crippen LogP contribution in [-0.4, -0.2) is 0 Å². The Morgan fingerprint density at radius 3 is 1.03 bits per heavy atom. The summed E-state index contributed by atoms with van der Waals surface area (Å²) in [7, 11) is 0. The molecule has 9 aromatic carbocycles. The summed E-state index contributed by atoms with van der Waals surface area (Å²) in [6.07, 6.45) is 9.09. The van der Waals surface area contributed by atoms with Crippen molar-refractivity contribution in [1.29, 1.82) is 0 Å². The Morgan fingerprint density at radius 1 is 0.200 bits per heavy atom. The molecule has 0 spiro atoms. The maximum atomic E-state index is 2.51. The van der Waals surface area contributed by atoms with Gasteiger partial charge in [-0.25, -0.2) is 0 Å². The Bertz CT molecular complexity index is 3440. The first-order valence-corrected chi connectivity index (χ1v) is 20.9. The monoisotopic (exact) mass is 756 g/mol. The summed E-state index contributed by atoms with van der Waals surface area (Å²) in [5.41, 5.74) is 25.3. The van der Waals surface area contributed by atoms with Crippen molar-refractivity contribution in [2.45, 2.75) is 0 Å². The quantitative estimate of drug-likeness (QED) is 0.158. The summed E-state index contributed by atoms with van der Waals surface area (Å²) in [4.78, 5) is 0. The SMILES string of the molecule is C1=Cc2ccc(C3=C(c4ccc5c6c(cccc46)C=C5)C(c4ccccc4)=C4C3=C(c3ccccc3)c3cc(-c5ccccc5)c(-c5ccccc5)cc34)c3cccc1c23. The van der Waals surface area contributed by atoms with E-state index in [2.05, 4.69) is 218 Å². The Balaban J connectivity index is 1.25. The molecule has 0 heterocycles. The van der Waals surface area contributed by atoms with E-state index in [0.717, 1.165) is 0 Å². The predicted octanol–water partition coefficient (Wildman–Crippen LogP) is 15.6. The van der Waals surface area contributed by atoms with E-state index in [9.17, 15) is 0 Å². The minimum absolute atomic E-state index is 1.21. The highest BCUT2D eigenvalue weighted by Crippen LogP contribution is 2.63. The topological polar surface area (TPSA) is 0 Å². The van der Waals surface area contributed by atoms with Gasteiger partial charge in [-0.15, -0.1) is 0 Å². The summed E-state index contributed by atoms with van der Waals surface area (Å²) in [6.45, 7) is 0. The van der Waals surface area contributed by atoms with E-state index in [4.69, 9.17) is 0 Å². The molecule has 0 aliphatic heterocycles. The number of hydrogen-bond donors (Lipinski definition) is 0. The number of rotatable bonds is 6. The molecular weight excluding hydrogens is 721 g/mol. The summed E-state index contributed by atoms with van der Waals surface area (Å²) in [6, 6.07) is 72.4. The van der Waals surface area contributed by atoms with Gasteiger partial charge < -0.3 is 0 Å². The van der Waals surface area contributed by atoms with Crippen molar-refractivity contribution in [3.8, 4) is 22.3 Å². The second-order valence-corrected chi connectivity index (χ2v) is 16.3. The fourth-order valence-electron chi connectivity index (χ4n) is 10.6. The molecular formula is C60H36. The van der Waals surface area contributed by atoms with E-state index in [1.165, 1.54) is 133 Å². The lowest BCUT2D eigenvalue weighted by Gasteiger charge is -2.21. The zero-order chi connectivity index (χ0) is 39.3. The largest absolute Gasteiger partial charge is 0.0622 e. The van der Waals surface area contributed by atoms with Gasteiger partial charge in [0.15, 0.2) is 0 Å². The van der Waals surface area contributed by atoms with Crippen LogP contribution in [-0.2, 0) is 0 Å². The molecule has 0 heteroatoms. The summed E-state index contributed by atoms with van der Waals surface area (Å²) < 4.78 is 0. The molecule has 0 fully saturated rings. The lowest BCUT2D eigenvalue weighted by atomic mass is 9.82. The van der Waals surface area contributed by atoms with E-state index in [1.807, 2.05) is 0 Å². The molecule has 276 valence electrons. The molecule has 13 rings (SSSR count). The van der Waals surface area contributed by atoms with Gasteiger partial charge in [0.05, 0.1) is 0 Å². The molecule has 0 bridgehead atoms. The number of fused-ring (bicyclic) bond motifs is 3. The molecule has 0 saturated carbocycles. The van der Waals surface area contributed by atoms with E-state index >= 15 is 0 Å². The van der Waals surface area contributed by atoms with Gasteiger partial charge in [-0.05, 0) is 145 Å². The second-order valence-electron chi connectivity index (χ2n) is 16.3. The summed E-state index contributed by atoms with van der Waals surface area (Å²) >= 11 is 0. The van der Waals surface area contributed by atoms with Crippen LogP contribution in [0.4, 0.5) is 0 Å². The Kier molecular flexibility index (Phi) is 7.11. The van der Waals surface area contributed by atoms with Gasteiger partial charge in [0.25, 0.3) is 0 Å². The van der Waals surface area contributed by atoms with Crippen LogP contribution in [0.1, 0.15) is 55.6 Å². The first-order chi connectivity index (χ1) is 29.8. The molecule has 60 heavy (non-hydrogen) atoms. The van der Waals surface area contributed by atoms with Gasteiger partial charge in [0.1, 0.15) is 0 Å². The summed E-state index contributed by atoms with van der Waals surface area (Å²) in [5, 5.41) is 5.24. The Labute approximate surface area is 349 Å². The van der Waals surface area contributed by atoms with Crippen LogP contribution in [0.15, 0.2) is 200 Å². The van der Waals surface area contributed by atoms with Crippen molar-refractivity contribution in [2.24, 2.45) is 0 Å². The average molecular weight is 757 g/mol. The third-order valence-electron chi connectivity index (χ3n) is 13.1. The second kappa shape index (κ2) is 12.9. The van der Waals surface area contributed by atoms with Gasteiger partial charge in [0.2, 0.25) is 0 Å². The lowest BCUT2D eigenvalue weighted by Crippen LogP contribution is -1.98. The minimum Gasteiger partial charge on any atom is -0.0622 e. The molecule has 9 aromatic rings. The molecule has 0 nitrogen and oxygen atoms in total. The minimum atomic E-state index is 1.21. The van der Waals surface area contributed by atoms with E-state index in [1.54, 1.807) is 0 Å². The molecule has 0 amide bonds. The van der Waals surface area contributed by atoms with Gasteiger partial charge in [-0.1, -0.05) is 206 Å². The van der Waals surface area contributed by atoms with Crippen LogP contribution >= 0.6 is 0 Å². The highest BCUT2D eigenvalue weighted by atomic mass is 14.4. The van der Waals surface area contributed by atoms with Crippen LogP contribution in [0.25, 0.3) is 96.0 Å². The van der Waals surface area contributed by atoms with Crippen molar-refractivity contribution < 1.29 is 0 Å². The molecule has 4 aliphatic rings. The Morgan fingerprint density at radius 2 is 0.567 bits per heavy atom. The maximum absolute atomic E-state index is 2.51. The smallest absolute Gasteiger partial charge is 0.000115 e. The van der Waals surface area contributed by atoms with Crippen molar-refractivity contribution in [3.63, 3.8) is 0 Å². The third-order valence-corrected chi connectivity index (χ3v) is 13.1. The maximum Gasteiger partial charge on any atom is -0.000115 e. The molecule has 0 atom stereocenters. The van der Waals surface area contributed by atoms with Crippen LogP contribution in [0.3, 0.4) is 0 Å². The first kappa shape index (κ1) is 33.2. The van der Waals surface area contributed by atoms with Gasteiger partial charge in [-0.3, -0.25) is 0 Å². The first-order valence-electron chi connectivity index (χ1n) is 20.9. The van der Waals surface area contributed by atoms with E-state index < -0.39 is 0 Å². The molecule has 0 radical (unpaired) electrons. The Hall–Kier alpha value is -7.80. The van der Waals surface area contributed by atoms with Crippen LogP contribution in [0.5, 0.6) is 0 Å².